The lowest BCUT2D eigenvalue weighted by molar-refractivity contribution is 0.312. The SMILES string of the molecule is CN=C(NCc1ncc(C)s1)NCc1c(Cl)cccc1N1CCN(C)CC1. The quantitative estimate of drug-likeness (QED) is 0.590. The molecule has 3 rings (SSSR count). The maximum atomic E-state index is 6.53. The number of likely N-dealkylation sites (N-methyl/N-ethyl adjacent to an activating group) is 1. The van der Waals surface area contributed by atoms with Crippen LogP contribution in [0, 0.1) is 6.92 Å². The van der Waals surface area contributed by atoms with E-state index in [4.69, 9.17) is 11.6 Å². The van der Waals surface area contributed by atoms with E-state index in [1.165, 1.54) is 10.6 Å². The number of thiazole rings is 1. The Morgan fingerprint density at radius 2 is 1.96 bits per heavy atom. The van der Waals surface area contributed by atoms with Crippen molar-refractivity contribution < 1.29 is 0 Å². The lowest BCUT2D eigenvalue weighted by Crippen LogP contribution is -2.45. The third-order valence-corrected chi connectivity index (χ3v) is 5.94. The number of hydrogen-bond donors (Lipinski definition) is 2. The standard InChI is InChI=1S/C19H27ClN6S/c1-14-11-22-18(27-14)13-24-19(21-2)23-12-15-16(20)5-4-6-17(15)26-9-7-25(3)8-10-26/h4-6,11H,7-10,12-13H2,1-3H3,(H2,21,23,24). The molecule has 0 saturated carbocycles. The van der Waals surface area contributed by atoms with Crippen molar-refractivity contribution in [2.45, 2.75) is 20.0 Å². The van der Waals surface area contributed by atoms with Crippen molar-refractivity contribution in [2.24, 2.45) is 4.99 Å². The Hall–Kier alpha value is -1.83. The Morgan fingerprint density at radius 3 is 2.63 bits per heavy atom. The van der Waals surface area contributed by atoms with Gasteiger partial charge in [-0.05, 0) is 26.1 Å². The van der Waals surface area contributed by atoms with Crippen LogP contribution in [0.1, 0.15) is 15.4 Å². The molecule has 0 radical (unpaired) electrons. The van der Waals surface area contributed by atoms with E-state index in [2.05, 4.69) is 50.4 Å². The van der Waals surface area contributed by atoms with Gasteiger partial charge in [-0.25, -0.2) is 4.98 Å². The predicted molar refractivity (Wildman–Crippen MR) is 115 cm³/mol. The van der Waals surface area contributed by atoms with Crippen LogP contribution in [0.5, 0.6) is 0 Å². The van der Waals surface area contributed by atoms with Crippen LogP contribution in [0.4, 0.5) is 5.69 Å². The zero-order valence-corrected chi connectivity index (χ0v) is 17.7. The van der Waals surface area contributed by atoms with Gasteiger partial charge < -0.3 is 20.4 Å². The lowest BCUT2D eigenvalue weighted by Gasteiger charge is -2.35. The minimum absolute atomic E-state index is 0.623. The van der Waals surface area contributed by atoms with E-state index in [0.717, 1.165) is 47.7 Å². The molecule has 0 atom stereocenters. The fraction of sp³-hybridized carbons (Fsp3) is 0.474. The van der Waals surface area contributed by atoms with E-state index in [1.54, 1.807) is 18.4 Å². The number of anilines is 1. The lowest BCUT2D eigenvalue weighted by atomic mass is 10.1. The summed E-state index contributed by atoms with van der Waals surface area (Å²) in [6.07, 6.45) is 1.89. The van der Waals surface area contributed by atoms with Crippen molar-refractivity contribution in [3.05, 3.63) is 44.9 Å². The van der Waals surface area contributed by atoms with Gasteiger partial charge in [-0.1, -0.05) is 17.7 Å². The molecule has 2 heterocycles. The molecule has 0 bridgehead atoms. The van der Waals surface area contributed by atoms with Crippen molar-refractivity contribution in [3.8, 4) is 0 Å². The topological polar surface area (TPSA) is 55.8 Å². The van der Waals surface area contributed by atoms with Crippen LogP contribution in [-0.2, 0) is 13.1 Å². The summed E-state index contributed by atoms with van der Waals surface area (Å²) < 4.78 is 0. The smallest absolute Gasteiger partial charge is 0.191 e. The number of aryl methyl sites for hydroxylation is 1. The number of aromatic nitrogens is 1. The van der Waals surface area contributed by atoms with Gasteiger partial charge in [0.15, 0.2) is 5.96 Å². The number of hydrogen-bond acceptors (Lipinski definition) is 5. The highest BCUT2D eigenvalue weighted by atomic mass is 35.5. The van der Waals surface area contributed by atoms with E-state index in [9.17, 15) is 0 Å². The molecule has 0 spiro atoms. The molecule has 2 aromatic rings. The predicted octanol–water partition coefficient (Wildman–Crippen LogP) is 2.72. The van der Waals surface area contributed by atoms with Gasteiger partial charge in [-0.3, -0.25) is 4.99 Å². The molecule has 0 aliphatic carbocycles. The molecule has 1 aromatic carbocycles. The molecule has 1 fully saturated rings. The van der Waals surface area contributed by atoms with E-state index >= 15 is 0 Å². The minimum Gasteiger partial charge on any atom is -0.369 e. The molecule has 6 nitrogen and oxygen atoms in total. The molecular formula is C19H27ClN6S. The molecule has 1 saturated heterocycles. The fourth-order valence-corrected chi connectivity index (χ4v) is 4.06. The first kappa shape index (κ1) is 19.9. The molecule has 8 heteroatoms. The number of benzene rings is 1. The molecule has 1 aliphatic heterocycles. The second-order valence-corrected chi connectivity index (χ2v) is 8.40. The van der Waals surface area contributed by atoms with Crippen molar-refractivity contribution in [1.29, 1.82) is 0 Å². The highest BCUT2D eigenvalue weighted by Crippen LogP contribution is 2.28. The fourth-order valence-electron chi connectivity index (χ4n) is 3.10. The van der Waals surface area contributed by atoms with Gasteiger partial charge in [0.1, 0.15) is 5.01 Å². The number of rotatable bonds is 5. The maximum absolute atomic E-state index is 6.53. The van der Waals surface area contributed by atoms with Gasteiger partial charge in [0.05, 0.1) is 6.54 Å². The number of halogens is 1. The molecule has 27 heavy (non-hydrogen) atoms. The number of guanidine groups is 1. The molecule has 0 amide bonds. The Morgan fingerprint density at radius 1 is 1.22 bits per heavy atom. The Bertz CT molecular complexity index is 782. The Kier molecular flexibility index (Phi) is 6.93. The second-order valence-electron chi connectivity index (χ2n) is 6.67. The van der Waals surface area contributed by atoms with Crippen LogP contribution in [0.3, 0.4) is 0 Å². The molecule has 2 N–H and O–H groups in total. The number of nitrogens with one attached hydrogen (secondary N) is 2. The van der Waals surface area contributed by atoms with E-state index in [0.29, 0.717) is 13.1 Å². The zero-order chi connectivity index (χ0) is 19.2. The van der Waals surface area contributed by atoms with E-state index in [1.807, 2.05) is 18.3 Å². The van der Waals surface area contributed by atoms with Crippen LogP contribution < -0.4 is 15.5 Å². The third kappa shape index (κ3) is 5.34. The normalized spacial score (nSPS) is 15.9. The average molecular weight is 407 g/mol. The van der Waals surface area contributed by atoms with Crippen molar-refractivity contribution in [2.75, 3.05) is 45.2 Å². The van der Waals surface area contributed by atoms with E-state index < -0.39 is 0 Å². The highest BCUT2D eigenvalue weighted by Gasteiger charge is 2.18. The summed E-state index contributed by atoms with van der Waals surface area (Å²) in [6.45, 7) is 7.50. The number of aliphatic imine (C=N–C) groups is 1. The first-order valence-corrected chi connectivity index (χ1v) is 10.3. The van der Waals surface area contributed by atoms with Crippen LogP contribution in [-0.4, -0.2) is 56.1 Å². The summed E-state index contributed by atoms with van der Waals surface area (Å²) in [6, 6.07) is 6.13. The van der Waals surface area contributed by atoms with Crippen LogP contribution in [0.15, 0.2) is 29.4 Å². The van der Waals surface area contributed by atoms with Crippen LogP contribution >= 0.6 is 22.9 Å². The summed E-state index contributed by atoms with van der Waals surface area (Å²) in [5.41, 5.74) is 2.31. The molecule has 146 valence electrons. The van der Waals surface area contributed by atoms with E-state index in [-0.39, 0.29) is 0 Å². The van der Waals surface area contributed by atoms with Gasteiger partial charge in [0.2, 0.25) is 0 Å². The largest absolute Gasteiger partial charge is 0.369 e. The van der Waals surface area contributed by atoms with Gasteiger partial charge in [-0.15, -0.1) is 11.3 Å². The molecular weight excluding hydrogens is 380 g/mol. The summed E-state index contributed by atoms with van der Waals surface area (Å²) >= 11 is 8.22. The van der Waals surface area contributed by atoms with Crippen molar-refractivity contribution >= 4 is 34.6 Å². The highest BCUT2D eigenvalue weighted by molar-refractivity contribution is 7.11. The summed E-state index contributed by atoms with van der Waals surface area (Å²) in [5, 5.41) is 8.53. The molecule has 1 aromatic heterocycles. The van der Waals surface area contributed by atoms with Gasteiger partial charge >= 0.3 is 0 Å². The van der Waals surface area contributed by atoms with Crippen molar-refractivity contribution in [3.63, 3.8) is 0 Å². The monoisotopic (exact) mass is 406 g/mol. The first-order valence-electron chi connectivity index (χ1n) is 9.13. The first-order chi connectivity index (χ1) is 13.1. The van der Waals surface area contributed by atoms with Gasteiger partial charge in [-0.2, -0.15) is 0 Å². The summed E-state index contributed by atoms with van der Waals surface area (Å²) in [4.78, 5) is 14.7. The maximum Gasteiger partial charge on any atom is 0.191 e. The third-order valence-electron chi connectivity index (χ3n) is 4.67. The zero-order valence-electron chi connectivity index (χ0n) is 16.1. The molecule has 1 aliphatic rings. The van der Waals surface area contributed by atoms with Gasteiger partial charge in [0, 0.05) is 67.1 Å². The number of nitrogens with zero attached hydrogens (tertiary/aromatic N) is 4. The Labute approximate surface area is 170 Å². The van der Waals surface area contributed by atoms with Crippen LogP contribution in [0.25, 0.3) is 0 Å². The summed E-state index contributed by atoms with van der Waals surface area (Å²) in [5.74, 6) is 0.743. The van der Waals surface area contributed by atoms with Crippen molar-refractivity contribution in [1.82, 2.24) is 20.5 Å². The Balaban J connectivity index is 1.64. The van der Waals surface area contributed by atoms with Crippen LogP contribution in [0.2, 0.25) is 5.02 Å². The molecule has 0 unspecified atom stereocenters. The number of piperazine rings is 1. The second kappa shape index (κ2) is 9.39. The minimum atomic E-state index is 0.623. The van der Waals surface area contributed by atoms with Gasteiger partial charge in [0.25, 0.3) is 0 Å². The average Bonchev–Trinajstić information content (AvgIpc) is 3.08. The summed E-state index contributed by atoms with van der Waals surface area (Å²) in [7, 11) is 3.94.